The van der Waals surface area contributed by atoms with E-state index in [4.69, 9.17) is 10.5 Å². The molecule has 22 heavy (non-hydrogen) atoms. The summed E-state index contributed by atoms with van der Waals surface area (Å²) >= 11 is 1.06. The molecule has 8 heteroatoms. The van der Waals surface area contributed by atoms with Crippen molar-refractivity contribution in [3.63, 3.8) is 0 Å². The van der Waals surface area contributed by atoms with E-state index >= 15 is 0 Å². The van der Waals surface area contributed by atoms with Crippen molar-refractivity contribution in [2.45, 2.75) is 18.6 Å². The number of nitrogens with two attached hydrogens (primary N) is 1. The largest absolute Gasteiger partial charge is 0.462 e. The highest BCUT2D eigenvalue weighted by Crippen LogP contribution is 2.24. The van der Waals surface area contributed by atoms with Crippen LogP contribution in [0.4, 0.5) is 5.69 Å². The molecule has 0 saturated heterocycles. The number of ether oxygens (including phenoxy) is 1. The highest BCUT2D eigenvalue weighted by Gasteiger charge is 2.29. The zero-order chi connectivity index (χ0) is 16.1. The molecule has 0 unspecified atom stereocenters. The summed E-state index contributed by atoms with van der Waals surface area (Å²) in [6, 6.07) is 6.52. The van der Waals surface area contributed by atoms with E-state index in [2.05, 4.69) is 10.3 Å². The number of nitrogens with zero attached hydrogens (tertiary/aromatic N) is 1. The minimum absolute atomic E-state index is 0.0646. The molecule has 1 aromatic rings. The summed E-state index contributed by atoms with van der Waals surface area (Å²) in [5.41, 5.74) is 6.05. The van der Waals surface area contributed by atoms with Gasteiger partial charge < -0.3 is 15.8 Å². The Morgan fingerprint density at radius 3 is 2.77 bits per heavy atom. The number of para-hydroxylation sites is 1. The Morgan fingerprint density at radius 2 is 2.14 bits per heavy atom. The zero-order valence-electron chi connectivity index (χ0n) is 11.9. The molecule has 1 aromatic carbocycles. The van der Waals surface area contributed by atoms with Crippen LogP contribution in [0.5, 0.6) is 0 Å². The quantitative estimate of drug-likeness (QED) is 0.787. The maximum absolute atomic E-state index is 12.0. The number of aliphatic imine (C=N–C) groups is 1. The summed E-state index contributed by atoms with van der Waals surface area (Å²) in [5.74, 6) is -1.33. The van der Waals surface area contributed by atoms with Crippen LogP contribution in [0.1, 0.15) is 23.7 Å². The molecule has 1 aliphatic rings. The van der Waals surface area contributed by atoms with Crippen molar-refractivity contribution in [3.05, 3.63) is 29.8 Å². The lowest BCUT2D eigenvalue weighted by Crippen LogP contribution is -2.22. The van der Waals surface area contributed by atoms with Crippen LogP contribution in [0.15, 0.2) is 29.3 Å². The average Bonchev–Trinajstić information content (AvgIpc) is 2.77. The van der Waals surface area contributed by atoms with Gasteiger partial charge in [0.15, 0.2) is 5.17 Å². The van der Waals surface area contributed by atoms with Gasteiger partial charge in [0.05, 0.1) is 17.9 Å². The number of amidine groups is 1. The predicted octanol–water partition coefficient (Wildman–Crippen LogP) is 1.15. The lowest BCUT2D eigenvalue weighted by atomic mass is 10.1. The van der Waals surface area contributed by atoms with Gasteiger partial charge >= 0.3 is 5.97 Å². The van der Waals surface area contributed by atoms with Crippen molar-refractivity contribution in [2.75, 3.05) is 11.9 Å². The minimum atomic E-state index is -0.616. The van der Waals surface area contributed by atoms with Gasteiger partial charge in [0.1, 0.15) is 5.25 Å². The normalized spacial score (nSPS) is 17.0. The lowest BCUT2D eigenvalue weighted by Gasteiger charge is -2.11. The smallest absolute Gasteiger partial charge is 0.340 e. The Balaban J connectivity index is 2.03. The number of anilines is 1. The summed E-state index contributed by atoms with van der Waals surface area (Å²) in [6.07, 6.45) is -0.0646. The number of rotatable bonds is 5. The fraction of sp³-hybridized carbons (Fsp3) is 0.286. The number of thioether (sulfide) groups is 1. The minimum Gasteiger partial charge on any atom is -0.462 e. The van der Waals surface area contributed by atoms with Crippen LogP contribution in [0.2, 0.25) is 0 Å². The summed E-state index contributed by atoms with van der Waals surface area (Å²) in [6.45, 7) is 1.94. The second kappa shape index (κ2) is 7.08. The summed E-state index contributed by atoms with van der Waals surface area (Å²) in [4.78, 5) is 38.9. The Kier molecular flexibility index (Phi) is 5.16. The third kappa shape index (κ3) is 3.85. The van der Waals surface area contributed by atoms with Gasteiger partial charge in [-0.1, -0.05) is 23.9 Å². The molecule has 2 amide bonds. The van der Waals surface area contributed by atoms with Crippen molar-refractivity contribution in [1.29, 1.82) is 0 Å². The van der Waals surface area contributed by atoms with Crippen LogP contribution in [-0.4, -0.2) is 34.8 Å². The Bertz CT molecular complexity index is 645. The van der Waals surface area contributed by atoms with E-state index < -0.39 is 23.0 Å². The Hall–Kier alpha value is -2.35. The van der Waals surface area contributed by atoms with E-state index in [1.807, 2.05) is 0 Å². The van der Waals surface area contributed by atoms with Crippen LogP contribution < -0.4 is 11.1 Å². The number of carbonyl (C=O) groups is 3. The third-order valence-corrected chi connectivity index (χ3v) is 3.81. The van der Waals surface area contributed by atoms with E-state index in [0.717, 1.165) is 11.8 Å². The molecule has 0 fully saturated rings. The molecule has 0 aromatic heterocycles. The van der Waals surface area contributed by atoms with Gasteiger partial charge in [-0.05, 0) is 19.1 Å². The van der Waals surface area contributed by atoms with E-state index in [9.17, 15) is 14.4 Å². The van der Waals surface area contributed by atoms with Crippen molar-refractivity contribution in [2.24, 2.45) is 10.7 Å². The van der Waals surface area contributed by atoms with Gasteiger partial charge in [0.25, 0.3) is 5.91 Å². The van der Waals surface area contributed by atoms with Gasteiger partial charge in [0, 0.05) is 6.42 Å². The van der Waals surface area contributed by atoms with Crippen LogP contribution in [-0.2, 0) is 14.3 Å². The average molecular weight is 321 g/mol. The second-order valence-corrected chi connectivity index (χ2v) is 5.64. The van der Waals surface area contributed by atoms with Gasteiger partial charge in [-0.15, -0.1) is 0 Å². The summed E-state index contributed by atoms with van der Waals surface area (Å²) in [5, 5.41) is 2.16. The molecule has 0 spiro atoms. The molecular formula is C14H15N3O4S. The zero-order valence-corrected chi connectivity index (χ0v) is 12.7. The number of carbonyl (C=O) groups excluding carboxylic acids is 3. The number of esters is 1. The summed E-state index contributed by atoms with van der Waals surface area (Å²) < 4.78 is 4.93. The number of hydrogen-bond acceptors (Lipinski definition) is 6. The fourth-order valence-electron chi connectivity index (χ4n) is 1.88. The predicted molar refractivity (Wildman–Crippen MR) is 83.7 cm³/mol. The molecule has 1 heterocycles. The van der Waals surface area contributed by atoms with Crippen LogP contribution in [0.25, 0.3) is 0 Å². The van der Waals surface area contributed by atoms with E-state index in [0.29, 0.717) is 5.69 Å². The van der Waals surface area contributed by atoms with E-state index in [-0.39, 0.29) is 23.8 Å². The number of hydrogen-bond donors (Lipinski definition) is 2. The lowest BCUT2D eigenvalue weighted by molar-refractivity contribution is -0.121. The topological polar surface area (TPSA) is 111 Å². The molecule has 0 aliphatic carbocycles. The second-order valence-electron chi connectivity index (χ2n) is 4.41. The number of benzene rings is 1. The first-order chi connectivity index (χ1) is 10.5. The Morgan fingerprint density at radius 1 is 1.41 bits per heavy atom. The molecule has 1 atom stereocenters. The van der Waals surface area contributed by atoms with Crippen molar-refractivity contribution < 1.29 is 19.1 Å². The van der Waals surface area contributed by atoms with Crippen molar-refractivity contribution >= 4 is 40.4 Å². The highest BCUT2D eigenvalue weighted by molar-refractivity contribution is 8.15. The molecular weight excluding hydrogens is 306 g/mol. The first-order valence-electron chi connectivity index (χ1n) is 6.62. The SMILES string of the molecule is CCOC(=O)c1ccccc1NC(=O)C[C@H]1SC(N)=NC1=O. The van der Waals surface area contributed by atoms with Gasteiger partial charge in [-0.2, -0.15) is 4.99 Å². The van der Waals surface area contributed by atoms with Crippen LogP contribution in [0, 0.1) is 0 Å². The number of nitrogens with one attached hydrogen (secondary N) is 1. The molecule has 2 rings (SSSR count). The van der Waals surface area contributed by atoms with E-state index in [1.54, 1.807) is 31.2 Å². The molecule has 0 saturated carbocycles. The molecule has 116 valence electrons. The van der Waals surface area contributed by atoms with Gasteiger partial charge in [-0.3, -0.25) is 9.59 Å². The van der Waals surface area contributed by atoms with Crippen molar-refractivity contribution in [3.8, 4) is 0 Å². The van der Waals surface area contributed by atoms with E-state index in [1.165, 1.54) is 0 Å². The monoisotopic (exact) mass is 321 g/mol. The van der Waals surface area contributed by atoms with Crippen LogP contribution in [0.3, 0.4) is 0 Å². The van der Waals surface area contributed by atoms with Gasteiger partial charge in [0.2, 0.25) is 5.91 Å². The first-order valence-corrected chi connectivity index (χ1v) is 7.50. The van der Waals surface area contributed by atoms with Gasteiger partial charge in [-0.25, -0.2) is 4.79 Å². The molecule has 7 nitrogen and oxygen atoms in total. The maximum Gasteiger partial charge on any atom is 0.340 e. The maximum atomic E-state index is 12.0. The standard InChI is InChI=1S/C14H15N3O4S/c1-2-21-13(20)8-5-3-4-6-9(8)16-11(18)7-10-12(19)17-14(15)22-10/h3-6,10H,2,7H2,1H3,(H,16,18)(H2,15,17,19)/t10-/m1/s1. The molecule has 0 radical (unpaired) electrons. The molecule has 3 N–H and O–H groups in total. The Labute approximate surface area is 131 Å². The van der Waals surface area contributed by atoms with Crippen LogP contribution >= 0.6 is 11.8 Å². The highest BCUT2D eigenvalue weighted by atomic mass is 32.2. The first kappa shape index (κ1) is 16.0. The fourth-order valence-corrected chi connectivity index (χ4v) is 2.70. The third-order valence-electron chi connectivity index (χ3n) is 2.83. The van der Waals surface area contributed by atoms with Crippen molar-refractivity contribution in [1.82, 2.24) is 0 Å². The number of amides is 2. The molecule has 0 bridgehead atoms. The summed E-state index contributed by atoms with van der Waals surface area (Å²) in [7, 11) is 0. The molecule has 1 aliphatic heterocycles.